The second kappa shape index (κ2) is 9.24. The zero-order chi connectivity index (χ0) is 15.6. The number of carbonyl (C=O) groups is 1. The molecule has 1 N–H and O–H groups in total. The fourth-order valence-corrected chi connectivity index (χ4v) is 4.27. The smallest absolute Gasteiger partial charge is 0.227 e. The summed E-state index contributed by atoms with van der Waals surface area (Å²) < 4.78 is 2.38. The van der Waals surface area contributed by atoms with Crippen LogP contribution < -0.4 is 5.32 Å². The molecule has 4 rings (SSSR count). The van der Waals surface area contributed by atoms with Gasteiger partial charge in [-0.3, -0.25) is 4.79 Å². The minimum absolute atomic E-state index is 0. The van der Waals surface area contributed by atoms with Gasteiger partial charge in [0.25, 0.3) is 0 Å². The third kappa shape index (κ3) is 4.50. The van der Waals surface area contributed by atoms with Crippen molar-refractivity contribution in [3.8, 4) is 0 Å². The molecule has 7 heteroatoms. The van der Waals surface area contributed by atoms with Crippen LogP contribution in [0.25, 0.3) is 0 Å². The van der Waals surface area contributed by atoms with E-state index in [9.17, 15) is 4.79 Å². The Bertz CT molecular complexity index is 547. The quantitative estimate of drug-likeness (QED) is 0.862. The molecule has 1 aromatic rings. The Morgan fingerprint density at radius 1 is 1.16 bits per heavy atom. The molecule has 0 spiro atoms. The lowest BCUT2D eigenvalue weighted by Gasteiger charge is -2.34. The number of nitrogens with one attached hydrogen (secondary N) is 1. The molecule has 2 aliphatic heterocycles. The number of halogens is 2. The van der Waals surface area contributed by atoms with E-state index >= 15 is 0 Å². The lowest BCUT2D eigenvalue weighted by Crippen LogP contribution is -2.42. The van der Waals surface area contributed by atoms with Crippen molar-refractivity contribution in [1.82, 2.24) is 19.8 Å². The molecule has 5 nitrogen and oxygen atoms in total. The molecule has 25 heavy (non-hydrogen) atoms. The predicted octanol–water partition coefficient (Wildman–Crippen LogP) is 2.84. The monoisotopic (exact) mass is 388 g/mol. The van der Waals surface area contributed by atoms with Gasteiger partial charge < -0.3 is 14.8 Å². The van der Waals surface area contributed by atoms with Crippen LogP contribution in [0.1, 0.15) is 50.3 Å². The van der Waals surface area contributed by atoms with E-state index in [0.717, 1.165) is 57.9 Å². The van der Waals surface area contributed by atoms with Crippen LogP contribution in [0.4, 0.5) is 0 Å². The standard InChI is InChI=1S/C18H28N4O.2ClH/c23-18(16-4-7-19-12-16)21-9-5-15(6-10-21)17-20-8-11-22(17)13-14-2-1-3-14;;/h8,11,14-16,19H,1-7,9-10,12-13H2;2*1H. The predicted molar refractivity (Wildman–Crippen MR) is 104 cm³/mol. The summed E-state index contributed by atoms with van der Waals surface area (Å²) in [5.74, 6) is 3.22. The van der Waals surface area contributed by atoms with Crippen molar-refractivity contribution in [2.24, 2.45) is 11.8 Å². The van der Waals surface area contributed by atoms with Crippen LogP contribution in [-0.4, -0.2) is 46.5 Å². The Balaban J connectivity index is 0.00000113. The van der Waals surface area contributed by atoms with E-state index < -0.39 is 0 Å². The van der Waals surface area contributed by atoms with Gasteiger partial charge in [-0.05, 0) is 44.6 Å². The first-order valence-corrected chi connectivity index (χ1v) is 9.32. The van der Waals surface area contributed by atoms with Gasteiger partial charge in [0.2, 0.25) is 5.91 Å². The molecule has 1 unspecified atom stereocenters. The molecule has 2 saturated heterocycles. The molecule has 0 bridgehead atoms. The first kappa shape index (κ1) is 20.5. The number of piperidine rings is 1. The maximum Gasteiger partial charge on any atom is 0.227 e. The Labute approximate surface area is 162 Å². The van der Waals surface area contributed by atoms with E-state index in [1.165, 1.54) is 25.1 Å². The minimum atomic E-state index is 0. The Morgan fingerprint density at radius 2 is 1.92 bits per heavy atom. The highest BCUT2D eigenvalue weighted by Crippen LogP contribution is 2.32. The number of nitrogens with zero attached hydrogens (tertiary/aromatic N) is 3. The first-order chi connectivity index (χ1) is 11.3. The minimum Gasteiger partial charge on any atom is -0.342 e. The Kier molecular flexibility index (Phi) is 7.59. The zero-order valence-corrected chi connectivity index (χ0v) is 16.4. The van der Waals surface area contributed by atoms with Gasteiger partial charge in [0.15, 0.2) is 0 Å². The molecule has 1 aromatic heterocycles. The highest BCUT2D eigenvalue weighted by Gasteiger charge is 2.31. The van der Waals surface area contributed by atoms with Gasteiger partial charge in [0.1, 0.15) is 5.82 Å². The van der Waals surface area contributed by atoms with Gasteiger partial charge in [0, 0.05) is 44.5 Å². The molecule has 3 heterocycles. The lowest BCUT2D eigenvalue weighted by molar-refractivity contribution is -0.136. The van der Waals surface area contributed by atoms with Crippen LogP contribution >= 0.6 is 24.8 Å². The Hall–Kier alpha value is -0.780. The topological polar surface area (TPSA) is 50.2 Å². The molecule has 142 valence electrons. The maximum absolute atomic E-state index is 12.5. The fourth-order valence-electron chi connectivity index (χ4n) is 4.27. The molecular weight excluding hydrogens is 359 g/mol. The lowest BCUT2D eigenvalue weighted by atomic mass is 9.85. The largest absolute Gasteiger partial charge is 0.342 e. The van der Waals surface area contributed by atoms with E-state index in [2.05, 4.69) is 26.0 Å². The average Bonchev–Trinajstić information content (AvgIpc) is 3.22. The summed E-state index contributed by atoms with van der Waals surface area (Å²) in [6.45, 7) is 4.80. The van der Waals surface area contributed by atoms with Gasteiger partial charge in [-0.25, -0.2) is 4.98 Å². The van der Waals surface area contributed by atoms with Crippen molar-refractivity contribution in [2.75, 3.05) is 26.2 Å². The molecule has 0 aromatic carbocycles. The number of amides is 1. The fraction of sp³-hybridized carbons (Fsp3) is 0.778. The molecule has 1 amide bonds. The number of imidazole rings is 1. The summed E-state index contributed by atoms with van der Waals surface area (Å²) >= 11 is 0. The van der Waals surface area contributed by atoms with Crippen molar-refractivity contribution in [1.29, 1.82) is 0 Å². The normalized spacial score (nSPS) is 24.3. The molecule has 3 fully saturated rings. The third-order valence-electron chi connectivity index (χ3n) is 6.01. The number of carbonyl (C=O) groups excluding carboxylic acids is 1. The van der Waals surface area contributed by atoms with Crippen LogP contribution in [-0.2, 0) is 11.3 Å². The number of rotatable bonds is 4. The highest BCUT2D eigenvalue weighted by atomic mass is 35.5. The summed E-state index contributed by atoms with van der Waals surface area (Å²) in [5.41, 5.74) is 0. The van der Waals surface area contributed by atoms with Gasteiger partial charge in [-0.15, -0.1) is 24.8 Å². The number of likely N-dealkylation sites (tertiary alicyclic amines) is 1. The summed E-state index contributed by atoms with van der Waals surface area (Å²) in [5, 5.41) is 3.30. The maximum atomic E-state index is 12.5. The molecule has 1 aliphatic carbocycles. The van der Waals surface area contributed by atoms with Gasteiger partial charge in [-0.1, -0.05) is 6.42 Å². The SMILES string of the molecule is Cl.Cl.O=C(C1CCNC1)N1CCC(c2nccn2CC2CCC2)CC1. The highest BCUT2D eigenvalue weighted by molar-refractivity contribution is 5.85. The molecular formula is C18H30Cl2N4O. The van der Waals surface area contributed by atoms with Crippen molar-refractivity contribution >= 4 is 30.7 Å². The summed E-state index contributed by atoms with van der Waals surface area (Å²) in [7, 11) is 0. The number of hydrogen-bond donors (Lipinski definition) is 1. The van der Waals surface area contributed by atoms with Crippen molar-refractivity contribution in [3.05, 3.63) is 18.2 Å². The van der Waals surface area contributed by atoms with Crippen molar-refractivity contribution in [3.63, 3.8) is 0 Å². The van der Waals surface area contributed by atoms with E-state index in [4.69, 9.17) is 0 Å². The van der Waals surface area contributed by atoms with Crippen LogP contribution in [0.5, 0.6) is 0 Å². The van der Waals surface area contributed by atoms with Crippen LogP contribution in [0.2, 0.25) is 0 Å². The summed E-state index contributed by atoms with van der Waals surface area (Å²) in [4.78, 5) is 19.3. The van der Waals surface area contributed by atoms with Crippen LogP contribution in [0.3, 0.4) is 0 Å². The average molecular weight is 389 g/mol. The number of hydrogen-bond acceptors (Lipinski definition) is 3. The number of aromatic nitrogens is 2. The second-order valence-electron chi connectivity index (χ2n) is 7.52. The van der Waals surface area contributed by atoms with E-state index in [0.29, 0.717) is 11.8 Å². The second-order valence-corrected chi connectivity index (χ2v) is 7.52. The molecule has 0 radical (unpaired) electrons. The third-order valence-corrected chi connectivity index (χ3v) is 6.01. The van der Waals surface area contributed by atoms with E-state index in [1.807, 2.05) is 6.20 Å². The summed E-state index contributed by atoms with van der Waals surface area (Å²) in [6, 6.07) is 0. The van der Waals surface area contributed by atoms with Gasteiger partial charge >= 0.3 is 0 Å². The Morgan fingerprint density at radius 3 is 2.52 bits per heavy atom. The molecule has 1 saturated carbocycles. The molecule has 1 atom stereocenters. The van der Waals surface area contributed by atoms with Crippen molar-refractivity contribution in [2.45, 2.75) is 51.0 Å². The van der Waals surface area contributed by atoms with Crippen LogP contribution in [0, 0.1) is 11.8 Å². The zero-order valence-electron chi connectivity index (χ0n) is 14.7. The van der Waals surface area contributed by atoms with E-state index in [1.54, 1.807) is 0 Å². The van der Waals surface area contributed by atoms with Crippen LogP contribution in [0.15, 0.2) is 12.4 Å². The van der Waals surface area contributed by atoms with Crippen molar-refractivity contribution < 1.29 is 4.79 Å². The first-order valence-electron chi connectivity index (χ1n) is 9.32. The summed E-state index contributed by atoms with van der Waals surface area (Å²) in [6.07, 6.45) is 11.4. The van der Waals surface area contributed by atoms with Gasteiger partial charge in [0.05, 0.1) is 5.92 Å². The van der Waals surface area contributed by atoms with Gasteiger partial charge in [-0.2, -0.15) is 0 Å². The van der Waals surface area contributed by atoms with E-state index in [-0.39, 0.29) is 30.7 Å². The molecule has 3 aliphatic rings.